The highest BCUT2D eigenvalue weighted by atomic mass is 32.2. The number of nitrogens with zero attached hydrogens (tertiary/aromatic N) is 2. The van der Waals surface area contributed by atoms with E-state index in [0.29, 0.717) is 17.4 Å². The smallest absolute Gasteiger partial charge is 0.163 e. The number of hydrogen-bond acceptors (Lipinski definition) is 5. The fraction of sp³-hybridized carbons (Fsp3) is 0.238. The maximum absolute atomic E-state index is 12.1. The molecule has 0 fully saturated rings. The summed E-state index contributed by atoms with van der Waals surface area (Å²) >= 11 is 0. The van der Waals surface area contributed by atoms with Gasteiger partial charge in [0.1, 0.15) is 11.6 Å². The molecule has 1 unspecified atom stereocenters. The SMILES string of the molecule is CCS(=O)c1cccc(Nc2cc(NC(C)C)nc(-c3ccccc3)n2)c1. The second kappa shape index (κ2) is 8.77. The van der Waals surface area contributed by atoms with Crippen LogP contribution >= 0.6 is 0 Å². The first-order valence-electron chi connectivity index (χ1n) is 9.01. The van der Waals surface area contributed by atoms with Gasteiger partial charge in [-0.15, -0.1) is 0 Å². The third-order valence-corrected chi connectivity index (χ3v) is 5.13. The van der Waals surface area contributed by atoms with Crippen molar-refractivity contribution < 1.29 is 4.21 Å². The Balaban J connectivity index is 1.96. The minimum Gasteiger partial charge on any atom is -0.368 e. The van der Waals surface area contributed by atoms with Crippen LogP contribution < -0.4 is 10.6 Å². The van der Waals surface area contributed by atoms with Gasteiger partial charge in [0, 0.05) is 34.0 Å². The maximum Gasteiger partial charge on any atom is 0.163 e. The van der Waals surface area contributed by atoms with Gasteiger partial charge in [0.25, 0.3) is 0 Å². The first-order chi connectivity index (χ1) is 13.0. The molecule has 1 atom stereocenters. The van der Waals surface area contributed by atoms with E-state index >= 15 is 0 Å². The van der Waals surface area contributed by atoms with Crippen LogP contribution in [0.2, 0.25) is 0 Å². The van der Waals surface area contributed by atoms with Crippen molar-refractivity contribution >= 4 is 28.1 Å². The van der Waals surface area contributed by atoms with Gasteiger partial charge in [0.2, 0.25) is 0 Å². The summed E-state index contributed by atoms with van der Waals surface area (Å²) < 4.78 is 12.1. The summed E-state index contributed by atoms with van der Waals surface area (Å²) in [6.45, 7) is 6.05. The standard InChI is InChI=1S/C21H24N4OS/c1-4-27(26)18-12-8-11-17(13-18)23-20-14-19(22-15(2)3)24-21(25-20)16-9-6-5-7-10-16/h5-15H,4H2,1-3H3,(H2,22,23,24,25). The first kappa shape index (κ1) is 19.0. The van der Waals surface area contributed by atoms with Crippen molar-refractivity contribution in [3.05, 3.63) is 60.7 Å². The number of aromatic nitrogens is 2. The Hall–Kier alpha value is -2.73. The average Bonchev–Trinajstić information content (AvgIpc) is 2.67. The molecule has 0 amide bonds. The van der Waals surface area contributed by atoms with Crippen LogP contribution in [-0.2, 0) is 10.8 Å². The average molecular weight is 381 g/mol. The Labute approximate surface area is 162 Å². The fourth-order valence-corrected chi connectivity index (χ4v) is 3.45. The van der Waals surface area contributed by atoms with Crippen LogP contribution in [0, 0.1) is 0 Å². The van der Waals surface area contributed by atoms with Crippen molar-refractivity contribution in [3.8, 4) is 11.4 Å². The van der Waals surface area contributed by atoms with E-state index in [0.717, 1.165) is 22.0 Å². The molecule has 1 aromatic heterocycles. The third-order valence-electron chi connectivity index (χ3n) is 3.83. The van der Waals surface area contributed by atoms with Gasteiger partial charge >= 0.3 is 0 Å². The summed E-state index contributed by atoms with van der Waals surface area (Å²) in [6, 6.07) is 19.7. The van der Waals surface area contributed by atoms with E-state index in [9.17, 15) is 4.21 Å². The zero-order valence-electron chi connectivity index (χ0n) is 15.8. The number of rotatable bonds is 7. The zero-order chi connectivity index (χ0) is 19.2. The van der Waals surface area contributed by atoms with E-state index in [1.165, 1.54) is 0 Å². The van der Waals surface area contributed by atoms with Crippen molar-refractivity contribution in [3.63, 3.8) is 0 Å². The summed E-state index contributed by atoms with van der Waals surface area (Å²) in [6.07, 6.45) is 0. The van der Waals surface area contributed by atoms with Crippen LogP contribution in [-0.4, -0.2) is 26.0 Å². The van der Waals surface area contributed by atoms with Crippen molar-refractivity contribution in [2.75, 3.05) is 16.4 Å². The lowest BCUT2D eigenvalue weighted by atomic mass is 10.2. The van der Waals surface area contributed by atoms with Crippen LogP contribution in [0.1, 0.15) is 20.8 Å². The van der Waals surface area contributed by atoms with E-state index < -0.39 is 10.8 Å². The Morgan fingerprint density at radius 2 is 1.70 bits per heavy atom. The van der Waals surface area contributed by atoms with E-state index in [2.05, 4.69) is 34.4 Å². The van der Waals surface area contributed by atoms with Crippen LogP contribution in [0.4, 0.5) is 17.3 Å². The minimum atomic E-state index is -0.990. The van der Waals surface area contributed by atoms with Crippen LogP contribution in [0.15, 0.2) is 65.6 Å². The van der Waals surface area contributed by atoms with Gasteiger partial charge in [-0.1, -0.05) is 43.3 Å². The molecule has 0 aliphatic heterocycles. The van der Waals surface area contributed by atoms with E-state index in [4.69, 9.17) is 0 Å². The zero-order valence-corrected chi connectivity index (χ0v) is 16.6. The lowest BCUT2D eigenvalue weighted by molar-refractivity contribution is 0.684. The molecule has 140 valence electrons. The molecule has 0 radical (unpaired) electrons. The third kappa shape index (κ3) is 5.14. The molecule has 6 heteroatoms. The van der Waals surface area contributed by atoms with E-state index in [1.807, 2.05) is 67.6 Å². The summed E-state index contributed by atoms with van der Waals surface area (Å²) in [5.74, 6) is 2.69. The fourth-order valence-electron chi connectivity index (χ4n) is 2.63. The Morgan fingerprint density at radius 3 is 2.41 bits per heavy atom. The Kier molecular flexibility index (Phi) is 6.19. The van der Waals surface area contributed by atoms with Gasteiger partial charge in [-0.05, 0) is 32.0 Å². The summed E-state index contributed by atoms with van der Waals surface area (Å²) in [4.78, 5) is 10.1. The summed E-state index contributed by atoms with van der Waals surface area (Å²) in [7, 11) is -0.990. The maximum atomic E-state index is 12.1. The molecule has 2 aromatic carbocycles. The monoisotopic (exact) mass is 380 g/mol. The molecule has 0 saturated carbocycles. The Bertz CT molecular complexity index is 928. The van der Waals surface area contributed by atoms with Gasteiger partial charge in [0.05, 0.1) is 10.8 Å². The lowest BCUT2D eigenvalue weighted by Gasteiger charge is -2.14. The van der Waals surface area contributed by atoms with Crippen molar-refractivity contribution in [1.82, 2.24) is 9.97 Å². The quantitative estimate of drug-likeness (QED) is 0.614. The van der Waals surface area contributed by atoms with Crippen molar-refractivity contribution in [2.45, 2.75) is 31.7 Å². The second-order valence-corrected chi connectivity index (χ2v) is 8.15. The van der Waals surface area contributed by atoms with Gasteiger partial charge in [0.15, 0.2) is 5.82 Å². The molecule has 5 nitrogen and oxygen atoms in total. The molecule has 0 aliphatic carbocycles. The molecular weight excluding hydrogens is 356 g/mol. The van der Waals surface area contributed by atoms with Gasteiger partial charge < -0.3 is 10.6 Å². The molecule has 27 heavy (non-hydrogen) atoms. The molecule has 2 N–H and O–H groups in total. The number of hydrogen-bond donors (Lipinski definition) is 2. The number of anilines is 3. The predicted molar refractivity (Wildman–Crippen MR) is 113 cm³/mol. The summed E-state index contributed by atoms with van der Waals surface area (Å²) in [5.41, 5.74) is 1.80. The highest BCUT2D eigenvalue weighted by Crippen LogP contribution is 2.24. The predicted octanol–water partition coefficient (Wildman–Crippen LogP) is 4.84. The largest absolute Gasteiger partial charge is 0.368 e. The van der Waals surface area contributed by atoms with Crippen molar-refractivity contribution in [2.24, 2.45) is 0 Å². The molecular formula is C21H24N4OS. The normalized spacial score (nSPS) is 12.0. The number of nitrogens with one attached hydrogen (secondary N) is 2. The molecule has 1 heterocycles. The summed E-state index contributed by atoms with van der Waals surface area (Å²) in [5, 5.41) is 6.66. The van der Waals surface area contributed by atoms with Gasteiger partial charge in [-0.2, -0.15) is 0 Å². The minimum absolute atomic E-state index is 0.256. The molecule has 0 saturated heterocycles. The Morgan fingerprint density at radius 1 is 0.963 bits per heavy atom. The molecule has 0 spiro atoms. The van der Waals surface area contributed by atoms with Crippen LogP contribution in [0.3, 0.4) is 0 Å². The van der Waals surface area contributed by atoms with Crippen molar-refractivity contribution in [1.29, 1.82) is 0 Å². The molecule has 0 bridgehead atoms. The molecule has 3 rings (SSSR count). The lowest BCUT2D eigenvalue weighted by Crippen LogP contribution is -2.12. The highest BCUT2D eigenvalue weighted by Gasteiger charge is 2.09. The topological polar surface area (TPSA) is 66.9 Å². The van der Waals surface area contributed by atoms with Gasteiger partial charge in [-0.25, -0.2) is 9.97 Å². The van der Waals surface area contributed by atoms with Gasteiger partial charge in [-0.3, -0.25) is 4.21 Å². The molecule has 3 aromatic rings. The van der Waals surface area contributed by atoms with E-state index in [-0.39, 0.29) is 6.04 Å². The molecule has 0 aliphatic rings. The van der Waals surface area contributed by atoms with Crippen LogP contribution in [0.5, 0.6) is 0 Å². The van der Waals surface area contributed by atoms with E-state index in [1.54, 1.807) is 0 Å². The first-order valence-corrected chi connectivity index (χ1v) is 10.3. The number of benzene rings is 2. The second-order valence-electron chi connectivity index (χ2n) is 6.41. The van der Waals surface area contributed by atoms with Crippen LogP contribution in [0.25, 0.3) is 11.4 Å². The highest BCUT2D eigenvalue weighted by molar-refractivity contribution is 7.85.